The van der Waals surface area contributed by atoms with Crippen molar-refractivity contribution in [3.8, 4) is 0 Å². The zero-order valence-corrected chi connectivity index (χ0v) is 7.44. The number of nitrogens with two attached hydrogens (primary N) is 1. The summed E-state index contributed by atoms with van der Waals surface area (Å²) in [5, 5.41) is 0.703. The average molecular weight is 169 g/mol. The van der Waals surface area contributed by atoms with Crippen LogP contribution in [0.1, 0.15) is 23.5 Å². The lowest BCUT2D eigenvalue weighted by molar-refractivity contribution is 0.0943. The van der Waals surface area contributed by atoms with Crippen molar-refractivity contribution < 1.29 is 4.79 Å². The van der Waals surface area contributed by atoms with E-state index in [4.69, 9.17) is 5.73 Å². The van der Waals surface area contributed by atoms with Gasteiger partial charge >= 0.3 is 0 Å². The number of carbonyl (C=O) groups excluding carboxylic acids is 1. The average Bonchev–Trinajstić information content (AvgIpc) is 2.34. The Hall–Kier alpha value is -0.830. The third kappa shape index (κ3) is 1.80. The molecule has 1 heterocycles. The van der Waals surface area contributed by atoms with Crippen molar-refractivity contribution in [3.63, 3.8) is 0 Å². The van der Waals surface area contributed by atoms with E-state index < -0.39 is 0 Å². The summed E-state index contributed by atoms with van der Waals surface area (Å²) in [6.07, 6.45) is 0. The van der Waals surface area contributed by atoms with Gasteiger partial charge in [0.2, 0.25) is 0 Å². The molecule has 0 saturated heterocycles. The molecule has 0 amide bonds. The van der Waals surface area contributed by atoms with Gasteiger partial charge < -0.3 is 5.73 Å². The topological polar surface area (TPSA) is 43.1 Å². The Morgan fingerprint density at radius 2 is 2.18 bits per heavy atom. The van der Waals surface area contributed by atoms with E-state index in [-0.39, 0.29) is 11.7 Å². The van der Waals surface area contributed by atoms with E-state index in [1.54, 1.807) is 12.1 Å². The van der Waals surface area contributed by atoms with Crippen LogP contribution in [-0.2, 0) is 0 Å². The lowest BCUT2D eigenvalue weighted by Crippen LogP contribution is -2.04. The van der Waals surface area contributed by atoms with Gasteiger partial charge in [-0.1, -0.05) is 13.8 Å². The molecule has 0 aliphatic rings. The van der Waals surface area contributed by atoms with Crippen molar-refractivity contribution in [1.82, 2.24) is 0 Å². The fraction of sp³-hybridized carbons (Fsp3) is 0.375. The summed E-state index contributed by atoms with van der Waals surface area (Å²) in [6, 6.07) is 3.54. The lowest BCUT2D eigenvalue weighted by atomic mass is 10.1. The van der Waals surface area contributed by atoms with Gasteiger partial charge in [0.15, 0.2) is 5.78 Å². The van der Waals surface area contributed by atoms with Gasteiger partial charge in [-0.15, -0.1) is 11.3 Å². The number of rotatable bonds is 2. The van der Waals surface area contributed by atoms with Crippen molar-refractivity contribution in [1.29, 1.82) is 0 Å². The van der Waals surface area contributed by atoms with E-state index in [0.717, 1.165) is 4.88 Å². The molecule has 2 N–H and O–H groups in total. The van der Waals surface area contributed by atoms with E-state index >= 15 is 0 Å². The van der Waals surface area contributed by atoms with Gasteiger partial charge in [-0.3, -0.25) is 4.79 Å². The number of nitrogen functional groups attached to an aromatic ring is 1. The first-order valence-corrected chi connectivity index (χ1v) is 4.32. The molecular weight excluding hydrogens is 158 g/mol. The zero-order valence-electron chi connectivity index (χ0n) is 6.63. The van der Waals surface area contributed by atoms with Crippen LogP contribution in [0, 0.1) is 5.92 Å². The summed E-state index contributed by atoms with van der Waals surface area (Å²) >= 11 is 1.35. The Kier molecular flexibility index (Phi) is 2.29. The van der Waals surface area contributed by atoms with Crippen LogP contribution in [0.4, 0.5) is 5.00 Å². The van der Waals surface area contributed by atoms with Crippen LogP contribution in [0.25, 0.3) is 0 Å². The molecule has 0 aliphatic heterocycles. The molecule has 2 nitrogen and oxygen atoms in total. The number of hydrogen-bond acceptors (Lipinski definition) is 3. The van der Waals surface area contributed by atoms with Crippen molar-refractivity contribution >= 4 is 22.1 Å². The number of hydrogen-bond donors (Lipinski definition) is 1. The Morgan fingerprint density at radius 1 is 1.55 bits per heavy atom. The van der Waals surface area contributed by atoms with Gasteiger partial charge in [0, 0.05) is 5.92 Å². The number of anilines is 1. The summed E-state index contributed by atoms with van der Waals surface area (Å²) in [6.45, 7) is 3.77. The maximum absolute atomic E-state index is 11.3. The lowest BCUT2D eigenvalue weighted by Gasteiger charge is -1.98. The summed E-state index contributed by atoms with van der Waals surface area (Å²) in [5.41, 5.74) is 5.48. The Balaban J connectivity index is 2.85. The second kappa shape index (κ2) is 3.05. The van der Waals surface area contributed by atoms with Gasteiger partial charge in [-0.2, -0.15) is 0 Å². The van der Waals surface area contributed by atoms with Gasteiger partial charge in [0.05, 0.1) is 9.88 Å². The first kappa shape index (κ1) is 8.27. The van der Waals surface area contributed by atoms with Crippen LogP contribution in [0.3, 0.4) is 0 Å². The van der Waals surface area contributed by atoms with E-state index in [0.29, 0.717) is 5.00 Å². The maximum atomic E-state index is 11.3. The van der Waals surface area contributed by atoms with Gasteiger partial charge in [-0.05, 0) is 12.1 Å². The maximum Gasteiger partial charge on any atom is 0.175 e. The molecule has 0 unspecified atom stereocenters. The van der Waals surface area contributed by atoms with Gasteiger partial charge in [-0.25, -0.2) is 0 Å². The normalized spacial score (nSPS) is 10.5. The highest BCUT2D eigenvalue weighted by molar-refractivity contribution is 7.17. The van der Waals surface area contributed by atoms with Crippen LogP contribution in [-0.4, -0.2) is 5.78 Å². The molecule has 1 aromatic heterocycles. The molecule has 0 radical (unpaired) electrons. The smallest absolute Gasteiger partial charge is 0.175 e. The minimum Gasteiger partial charge on any atom is -0.391 e. The van der Waals surface area contributed by atoms with E-state index in [1.807, 2.05) is 13.8 Å². The van der Waals surface area contributed by atoms with Gasteiger partial charge in [0.1, 0.15) is 0 Å². The number of Topliss-reactive ketones (excluding diaryl/α,β-unsaturated/α-hetero) is 1. The third-order valence-electron chi connectivity index (χ3n) is 1.39. The molecule has 11 heavy (non-hydrogen) atoms. The van der Waals surface area contributed by atoms with Crippen molar-refractivity contribution in [3.05, 3.63) is 17.0 Å². The largest absolute Gasteiger partial charge is 0.391 e. The molecule has 1 rings (SSSR count). The molecule has 0 saturated carbocycles. The SMILES string of the molecule is CC(C)C(=O)c1ccc(N)s1. The molecule has 3 heteroatoms. The number of thiophene rings is 1. The molecule has 0 bridgehead atoms. The molecule has 0 aromatic carbocycles. The number of carbonyl (C=O) groups is 1. The Labute approximate surface area is 70.0 Å². The van der Waals surface area contributed by atoms with Crippen LogP contribution in [0.2, 0.25) is 0 Å². The minimum atomic E-state index is 0.0630. The predicted octanol–water partition coefficient (Wildman–Crippen LogP) is 2.17. The van der Waals surface area contributed by atoms with Crippen LogP contribution in [0.15, 0.2) is 12.1 Å². The summed E-state index contributed by atoms with van der Waals surface area (Å²) in [4.78, 5) is 12.1. The first-order valence-electron chi connectivity index (χ1n) is 3.51. The van der Waals surface area contributed by atoms with Crippen molar-refractivity contribution in [2.45, 2.75) is 13.8 Å². The Bertz CT molecular complexity index is 265. The molecular formula is C8H11NOS. The zero-order chi connectivity index (χ0) is 8.43. The summed E-state index contributed by atoms with van der Waals surface area (Å²) in [7, 11) is 0. The van der Waals surface area contributed by atoms with E-state index in [1.165, 1.54) is 11.3 Å². The predicted molar refractivity (Wildman–Crippen MR) is 47.9 cm³/mol. The van der Waals surface area contributed by atoms with E-state index in [2.05, 4.69) is 0 Å². The third-order valence-corrected chi connectivity index (χ3v) is 2.32. The molecule has 0 atom stereocenters. The molecule has 0 fully saturated rings. The monoisotopic (exact) mass is 169 g/mol. The fourth-order valence-corrected chi connectivity index (χ4v) is 1.63. The molecule has 0 aliphatic carbocycles. The van der Waals surface area contributed by atoms with Gasteiger partial charge in [0.25, 0.3) is 0 Å². The number of ketones is 1. The Morgan fingerprint density at radius 3 is 2.55 bits per heavy atom. The van der Waals surface area contributed by atoms with Crippen molar-refractivity contribution in [2.24, 2.45) is 5.92 Å². The second-order valence-corrected chi connectivity index (χ2v) is 3.84. The van der Waals surface area contributed by atoms with Crippen LogP contribution >= 0.6 is 11.3 Å². The standard InChI is InChI=1S/C8H11NOS/c1-5(2)8(10)6-3-4-7(9)11-6/h3-5H,9H2,1-2H3. The second-order valence-electron chi connectivity index (χ2n) is 2.72. The highest BCUT2D eigenvalue weighted by Gasteiger charge is 2.11. The highest BCUT2D eigenvalue weighted by atomic mass is 32.1. The molecule has 0 spiro atoms. The summed E-state index contributed by atoms with van der Waals surface area (Å²) < 4.78 is 0. The van der Waals surface area contributed by atoms with Crippen LogP contribution < -0.4 is 5.73 Å². The van der Waals surface area contributed by atoms with Crippen molar-refractivity contribution in [2.75, 3.05) is 5.73 Å². The fourth-order valence-electron chi connectivity index (χ4n) is 0.770. The molecule has 60 valence electrons. The first-order chi connectivity index (χ1) is 5.11. The summed E-state index contributed by atoms with van der Waals surface area (Å²) in [5.74, 6) is 0.236. The quantitative estimate of drug-likeness (QED) is 0.689. The van der Waals surface area contributed by atoms with Crippen LogP contribution in [0.5, 0.6) is 0 Å². The highest BCUT2D eigenvalue weighted by Crippen LogP contribution is 2.20. The molecule has 1 aromatic rings. The minimum absolute atomic E-state index is 0.0630. The van der Waals surface area contributed by atoms with E-state index in [9.17, 15) is 4.79 Å².